The molecule has 0 bridgehead atoms. The van der Waals surface area contributed by atoms with Gasteiger partial charge in [0, 0.05) is 18.2 Å². The first-order chi connectivity index (χ1) is 12.9. The van der Waals surface area contributed by atoms with Crippen LogP contribution in [0.5, 0.6) is 11.5 Å². The van der Waals surface area contributed by atoms with Crippen molar-refractivity contribution in [2.24, 2.45) is 0 Å². The van der Waals surface area contributed by atoms with E-state index in [1.807, 2.05) is 6.92 Å². The van der Waals surface area contributed by atoms with Gasteiger partial charge < -0.3 is 14.8 Å². The molecule has 0 aliphatic rings. The van der Waals surface area contributed by atoms with E-state index in [4.69, 9.17) is 9.47 Å². The van der Waals surface area contributed by atoms with E-state index in [0.29, 0.717) is 18.0 Å². The van der Waals surface area contributed by atoms with Gasteiger partial charge in [0.1, 0.15) is 11.5 Å². The largest absolute Gasteiger partial charge is 0.497 e. The lowest BCUT2D eigenvalue weighted by Gasteiger charge is -2.13. The van der Waals surface area contributed by atoms with Crippen LogP contribution in [0.15, 0.2) is 47.4 Å². The number of carbonyl (C=O) groups is 1. The molecule has 0 aliphatic heterocycles. The number of nitrogens with one attached hydrogen (secondary N) is 2. The van der Waals surface area contributed by atoms with Crippen LogP contribution in [0, 0.1) is 0 Å². The van der Waals surface area contributed by atoms with E-state index in [2.05, 4.69) is 10.0 Å². The van der Waals surface area contributed by atoms with Crippen molar-refractivity contribution in [2.75, 3.05) is 25.5 Å². The highest BCUT2D eigenvalue weighted by molar-refractivity contribution is 7.92. The Kier molecular flexibility index (Phi) is 7.06. The SMILES string of the molecule is CCCCNC(=O)c1cccc(S(=O)(=O)Nc2cc(OC)ccc2OC)c1. The summed E-state index contributed by atoms with van der Waals surface area (Å²) in [6.45, 7) is 2.57. The van der Waals surface area contributed by atoms with Crippen LogP contribution < -0.4 is 19.5 Å². The van der Waals surface area contributed by atoms with Gasteiger partial charge in [0.15, 0.2) is 0 Å². The first-order valence-electron chi connectivity index (χ1n) is 8.54. The number of anilines is 1. The Morgan fingerprint density at radius 1 is 1.07 bits per heavy atom. The van der Waals surface area contributed by atoms with E-state index >= 15 is 0 Å². The number of ether oxygens (including phenoxy) is 2. The molecule has 27 heavy (non-hydrogen) atoms. The minimum atomic E-state index is -3.92. The third kappa shape index (κ3) is 5.37. The first kappa shape index (κ1) is 20.6. The van der Waals surface area contributed by atoms with Crippen molar-refractivity contribution in [3.8, 4) is 11.5 Å². The highest BCUT2D eigenvalue weighted by Gasteiger charge is 2.19. The van der Waals surface area contributed by atoms with Crippen molar-refractivity contribution in [1.82, 2.24) is 5.32 Å². The van der Waals surface area contributed by atoms with Crippen molar-refractivity contribution >= 4 is 21.6 Å². The maximum Gasteiger partial charge on any atom is 0.262 e. The molecule has 0 aliphatic carbocycles. The topological polar surface area (TPSA) is 93.7 Å². The summed E-state index contributed by atoms with van der Waals surface area (Å²) in [4.78, 5) is 12.2. The maximum atomic E-state index is 12.8. The van der Waals surface area contributed by atoms with Crippen LogP contribution in [0.3, 0.4) is 0 Å². The summed E-state index contributed by atoms with van der Waals surface area (Å²) in [6.07, 6.45) is 1.82. The standard InChI is InChI=1S/C19H24N2O5S/c1-4-5-11-20-19(22)14-7-6-8-16(12-14)27(23,24)21-17-13-15(25-2)9-10-18(17)26-3/h6-10,12-13,21H,4-5,11H2,1-3H3,(H,20,22). The first-order valence-corrected chi connectivity index (χ1v) is 10.0. The van der Waals surface area contributed by atoms with E-state index in [1.165, 1.54) is 38.5 Å². The number of methoxy groups -OCH3 is 2. The molecule has 1 amide bonds. The van der Waals surface area contributed by atoms with Gasteiger partial charge in [0.05, 0.1) is 24.8 Å². The lowest BCUT2D eigenvalue weighted by atomic mass is 10.2. The van der Waals surface area contributed by atoms with E-state index in [-0.39, 0.29) is 22.1 Å². The molecule has 8 heteroatoms. The summed E-state index contributed by atoms with van der Waals surface area (Å²) in [7, 11) is -0.986. The predicted octanol–water partition coefficient (Wildman–Crippen LogP) is 3.03. The summed E-state index contributed by atoms with van der Waals surface area (Å²) in [5.74, 6) is 0.532. The Morgan fingerprint density at radius 2 is 1.85 bits per heavy atom. The molecule has 0 spiro atoms. The number of carbonyl (C=O) groups excluding carboxylic acids is 1. The highest BCUT2D eigenvalue weighted by atomic mass is 32.2. The number of unbranched alkanes of at least 4 members (excludes halogenated alkanes) is 1. The molecule has 0 saturated heterocycles. The molecule has 2 rings (SSSR count). The molecule has 0 radical (unpaired) electrons. The third-order valence-electron chi connectivity index (χ3n) is 3.87. The highest BCUT2D eigenvalue weighted by Crippen LogP contribution is 2.30. The average Bonchev–Trinajstić information content (AvgIpc) is 2.67. The van der Waals surface area contributed by atoms with Crippen molar-refractivity contribution in [1.29, 1.82) is 0 Å². The lowest BCUT2D eigenvalue weighted by Crippen LogP contribution is -2.24. The normalized spacial score (nSPS) is 10.9. The fourth-order valence-electron chi connectivity index (χ4n) is 2.38. The van der Waals surface area contributed by atoms with Gasteiger partial charge in [-0.2, -0.15) is 0 Å². The smallest absolute Gasteiger partial charge is 0.262 e. The fourth-order valence-corrected chi connectivity index (χ4v) is 3.49. The van der Waals surface area contributed by atoms with Crippen LogP contribution in [-0.2, 0) is 10.0 Å². The molecule has 2 N–H and O–H groups in total. The van der Waals surface area contributed by atoms with E-state index in [9.17, 15) is 13.2 Å². The zero-order valence-electron chi connectivity index (χ0n) is 15.6. The van der Waals surface area contributed by atoms with E-state index in [0.717, 1.165) is 12.8 Å². The van der Waals surface area contributed by atoms with Gasteiger partial charge in [0.2, 0.25) is 0 Å². The summed E-state index contributed by atoms with van der Waals surface area (Å²) in [6, 6.07) is 10.7. The minimum absolute atomic E-state index is 0.0180. The fraction of sp³-hybridized carbons (Fsp3) is 0.316. The van der Waals surface area contributed by atoms with Crippen LogP contribution >= 0.6 is 0 Å². The molecular weight excluding hydrogens is 368 g/mol. The summed E-state index contributed by atoms with van der Waals surface area (Å²) >= 11 is 0. The second-order valence-electron chi connectivity index (χ2n) is 5.81. The van der Waals surface area contributed by atoms with Gasteiger partial charge in [-0.15, -0.1) is 0 Å². The second-order valence-corrected chi connectivity index (χ2v) is 7.49. The van der Waals surface area contributed by atoms with Gasteiger partial charge in [-0.25, -0.2) is 8.42 Å². The number of hydrogen-bond acceptors (Lipinski definition) is 5. The predicted molar refractivity (Wildman–Crippen MR) is 104 cm³/mol. The Morgan fingerprint density at radius 3 is 2.52 bits per heavy atom. The molecule has 0 fully saturated rings. The number of hydrogen-bond donors (Lipinski definition) is 2. The minimum Gasteiger partial charge on any atom is -0.497 e. The van der Waals surface area contributed by atoms with E-state index in [1.54, 1.807) is 18.2 Å². The molecule has 146 valence electrons. The van der Waals surface area contributed by atoms with Crippen molar-refractivity contribution in [3.05, 3.63) is 48.0 Å². The molecule has 0 saturated carbocycles. The van der Waals surface area contributed by atoms with Crippen LogP contribution in [0.4, 0.5) is 5.69 Å². The molecule has 0 heterocycles. The van der Waals surface area contributed by atoms with Crippen LogP contribution in [-0.4, -0.2) is 35.1 Å². The van der Waals surface area contributed by atoms with Crippen molar-refractivity contribution in [2.45, 2.75) is 24.7 Å². The number of amides is 1. The quantitative estimate of drug-likeness (QED) is 0.640. The second kappa shape index (κ2) is 9.27. The van der Waals surface area contributed by atoms with Crippen LogP contribution in [0.1, 0.15) is 30.1 Å². The molecule has 0 aromatic heterocycles. The molecule has 0 atom stereocenters. The molecule has 2 aromatic rings. The zero-order valence-corrected chi connectivity index (χ0v) is 16.4. The number of benzene rings is 2. The van der Waals surface area contributed by atoms with Crippen LogP contribution in [0.25, 0.3) is 0 Å². The number of sulfonamides is 1. The van der Waals surface area contributed by atoms with E-state index < -0.39 is 10.0 Å². The maximum absolute atomic E-state index is 12.8. The lowest BCUT2D eigenvalue weighted by molar-refractivity contribution is 0.0953. The summed E-state index contributed by atoms with van der Waals surface area (Å²) in [5.41, 5.74) is 0.529. The zero-order chi connectivity index (χ0) is 19.9. The van der Waals surface area contributed by atoms with Gasteiger partial charge in [-0.1, -0.05) is 19.4 Å². The third-order valence-corrected chi connectivity index (χ3v) is 5.24. The summed E-state index contributed by atoms with van der Waals surface area (Å²) in [5, 5.41) is 2.77. The monoisotopic (exact) mass is 392 g/mol. The van der Waals surface area contributed by atoms with Gasteiger partial charge in [0.25, 0.3) is 15.9 Å². The molecule has 2 aromatic carbocycles. The Bertz CT molecular complexity index is 897. The van der Waals surface area contributed by atoms with Crippen molar-refractivity contribution in [3.63, 3.8) is 0 Å². The van der Waals surface area contributed by atoms with Gasteiger partial charge in [-0.05, 0) is 36.8 Å². The Hall–Kier alpha value is -2.74. The van der Waals surface area contributed by atoms with Crippen LogP contribution in [0.2, 0.25) is 0 Å². The summed E-state index contributed by atoms with van der Waals surface area (Å²) < 4.78 is 38.3. The Balaban J connectivity index is 2.27. The average molecular weight is 392 g/mol. The molecular formula is C19H24N2O5S. The number of rotatable bonds is 9. The Labute approximate surface area is 159 Å². The molecule has 7 nitrogen and oxygen atoms in total. The van der Waals surface area contributed by atoms with Crippen molar-refractivity contribution < 1.29 is 22.7 Å². The van der Waals surface area contributed by atoms with Gasteiger partial charge >= 0.3 is 0 Å². The molecule has 0 unspecified atom stereocenters. The van der Waals surface area contributed by atoms with Gasteiger partial charge in [-0.3, -0.25) is 9.52 Å².